The first-order valence-electron chi connectivity index (χ1n) is 6.55. The number of likely N-dealkylation sites (tertiary alicyclic amines) is 2. The van der Waals surface area contributed by atoms with Crippen molar-refractivity contribution in [2.45, 2.75) is 45.2 Å². The normalized spacial score (nSPS) is 38.9. The molecule has 0 saturated carbocycles. The van der Waals surface area contributed by atoms with E-state index in [4.69, 9.17) is 0 Å². The molecule has 3 unspecified atom stereocenters. The highest BCUT2D eigenvalue weighted by Gasteiger charge is 2.32. The van der Waals surface area contributed by atoms with E-state index in [9.17, 15) is 4.79 Å². The van der Waals surface area contributed by atoms with Gasteiger partial charge in [-0.3, -0.25) is 9.69 Å². The number of Topliss-reactive ketones (excluding diaryl/α,β-unsaturated/α-hetero) is 1. The average Bonchev–Trinajstić information content (AvgIpc) is 2.26. The van der Waals surface area contributed by atoms with Gasteiger partial charge in [-0.2, -0.15) is 0 Å². The molecule has 92 valence electrons. The molecular formula is C13H24N2O. The second kappa shape index (κ2) is 4.84. The van der Waals surface area contributed by atoms with E-state index >= 15 is 0 Å². The molecule has 16 heavy (non-hydrogen) atoms. The Morgan fingerprint density at radius 1 is 1.25 bits per heavy atom. The van der Waals surface area contributed by atoms with Gasteiger partial charge in [-0.25, -0.2) is 0 Å². The highest BCUT2D eigenvalue weighted by molar-refractivity contribution is 5.81. The van der Waals surface area contributed by atoms with Crippen molar-refractivity contribution in [3.8, 4) is 0 Å². The Balaban J connectivity index is 1.91. The second-order valence-electron chi connectivity index (χ2n) is 5.62. The molecule has 2 heterocycles. The van der Waals surface area contributed by atoms with E-state index in [1.807, 2.05) is 0 Å². The number of piperidine rings is 2. The van der Waals surface area contributed by atoms with Crippen molar-refractivity contribution >= 4 is 5.78 Å². The van der Waals surface area contributed by atoms with Gasteiger partial charge in [0.1, 0.15) is 5.78 Å². The molecule has 2 aliphatic rings. The van der Waals surface area contributed by atoms with Crippen molar-refractivity contribution in [3.05, 3.63) is 0 Å². The van der Waals surface area contributed by atoms with Crippen LogP contribution < -0.4 is 0 Å². The molecule has 0 aromatic rings. The summed E-state index contributed by atoms with van der Waals surface area (Å²) in [7, 11) is 2.21. The zero-order valence-electron chi connectivity index (χ0n) is 10.8. The molecule has 0 radical (unpaired) electrons. The lowest BCUT2D eigenvalue weighted by molar-refractivity contribution is -0.126. The Morgan fingerprint density at radius 3 is 2.62 bits per heavy atom. The summed E-state index contributed by atoms with van der Waals surface area (Å²) >= 11 is 0. The molecule has 0 aromatic carbocycles. The third kappa shape index (κ3) is 2.46. The van der Waals surface area contributed by atoms with Gasteiger partial charge in [0.05, 0.1) is 0 Å². The fraction of sp³-hybridized carbons (Fsp3) is 0.923. The quantitative estimate of drug-likeness (QED) is 0.672. The van der Waals surface area contributed by atoms with Crippen LogP contribution in [-0.2, 0) is 4.79 Å². The average molecular weight is 224 g/mol. The van der Waals surface area contributed by atoms with Crippen LogP contribution >= 0.6 is 0 Å². The summed E-state index contributed by atoms with van der Waals surface area (Å²) in [6.45, 7) is 7.56. The van der Waals surface area contributed by atoms with Gasteiger partial charge in [0.2, 0.25) is 0 Å². The molecule has 0 bridgehead atoms. The number of carbonyl (C=O) groups is 1. The predicted octanol–water partition coefficient (Wildman–Crippen LogP) is 1.38. The minimum Gasteiger partial charge on any atom is -0.304 e. The van der Waals surface area contributed by atoms with E-state index in [1.54, 1.807) is 0 Å². The van der Waals surface area contributed by atoms with Crippen molar-refractivity contribution in [2.75, 3.05) is 26.7 Å². The molecule has 0 aliphatic carbocycles. The van der Waals surface area contributed by atoms with Crippen LogP contribution in [0, 0.1) is 5.92 Å². The van der Waals surface area contributed by atoms with Crippen LogP contribution in [-0.4, -0.2) is 54.3 Å². The van der Waals surface area contributed by atoms with Crippen LogP contribution in [0.25, 0.3) is 0 Å². The van der Waals surface area contributed by atoms with E-state index in [0.29, 0.717) is 17.9 Å². The molecule has 0 amide bonds. The van der Waals surface area contributed by atoms with Crippen LogP contribution in [0.5, 0.6) is 0 Å². The van der Waals surface area contributed by atoms with Gasteiger partial charge in [-0.15, -0.1) is 0 Å². The third-order valence-corrected chi connectivity index (χ3v) is 4.40. The van der Waals surface area contributed by atoms with Crippen LogP contribution in [0.3, 0.4) is 0 Å². The zero-order chi connectivity index (χ0) is 11.7. The Labute approximate surface area is 98.8 Å². The SMILES string of the molecule is CC1CN(C2CCN(C)C(C)C2)CCC1=O. The standard InChI is InChI=1S/C13H24N2O/c1-10-9-15(7-5-13(10)16)12-4-6-14(3)11(2)8-12/h10-12H,4-9H2,1-3H3. The number of hydrogen-bond donors (Lipinski definition) is 0. The van der Waals surface area contributed by atoms with Crippen molar-refractivity contribution in [3.63, 3.8) is 0 Å². The second-order valence-corrected chi connectivity index (χ2v) is 5.62. The first-order chi connectivity index (χ1) is 7.58. The predicted molar refractivity (Wildman–Crippen MR) is 65.5 cm³/mol. The van der Waals surface area contributed by atoms with Crippen LogP contribution in [0.2, 0.25) is 0 Å². The minimum absolute atomic E-state index is 0.253. The van der Waals surface area contributed by atoms with Crippen molar-refractivity contribution in [1.29, 1.82) is 0 Å². The number of rotatable bonds is 1. The molecular weight excluding hydrogens is 200 g/mol. The summed E-state index contributed by atoms with van der Waals surface area (Å²) in [5.74, 6) is 0.709. The van der Waals surface area contributed by atoms with Gasteiger partial charge >= 0.3 is 0 Å². The lowest BCUT2D eigenvalue weighted by Gasteiger charge is -2.43. The van der Waals surface area contributed by atoms with Gasteiger partial charge < -0.3 is 4.90 Å². The summed E-state index contributed by atoms with van der Waals surface area (Å²) in [5.41, 5.74) is 0. The summed E-state index contributed by atoms with van der Waals surface area (Å²) in [6.07, 6.45) is 3.29. The van der Waals surface area contributed by atoms with Crippen molar-refractivity contribution in [1.82, 2.24) is 9.80 Å². The van der Waals surface area contributed by atoms with E-state index in [-0.39, 0.29) is 5.92 Å². The highest BCUT2D eigenvalue weighted by atomic mass is 16.1. The molecule has 2 fully saturated rings. The first kappa shape index (κ1) is 12.1. The van der Waals surface area contributed by atoms with Crippen molar-refractivity contribution < 1.29 is 4.79 Å². The fourth-order valence-corrected chi connectivity index (χ4v) is 2.97. The van der Waals surface area contributed by atoms with Gasteiger partial charge in [-0.1, -0.05) is 6.92 Å². The zero-order valence-corrected chi connectivity index (χ0v) is 10.8. The van der Waals surface area contributed by atoms with Gasteiger partial charge in [0, 0.05) is 37.5 Å². The summed E-state index contributed by atoms with van der Waals surface area (Å²) < 4.78 is 0. The maximum atomic E-state index is 11.5. The lowest BCUT2D eigenvalue weighted by Crippen LogP contribution is -2.51. The molecule has 0 spiro atoms. The number of ketones is 1. The maximum absolute atomic E-state index is 11.5. The summed E-state index contributed by atoms with van der Waals surface area (Å²) in [6, 6.07) is 1.40. The van der Waals surface area contributed by atoms with Gasteiger partial charge in [0.25, 0.3) is 0 Å². The first-order valence-corrected chi connectivity index (χ1v) is 6.55. The number of carbonyl (C=O) groups excluding carboxylic acids is 1. The van der Waals surface area contributed by atoms with Crippen LogP contribution in [0.1, 0.15) is 33.1 Å². The van der Waals surface area contributed by atoms with Gasteiger partial charge in [0.15, 0.2) is 0 Å². The van der Waals surface area contributed by atoms with E-state index in [1.165, 1.54) is 19.4 Å². The van der Waals surface area contributed by atoms with E-state index in [2.05, 4.69) is 30.7 Å². The molecule has 2 aliphatic heterocycles. The Bertz CT molecular complexity index is 267. The van der Waals surface area contributed by atoms with Crippen molar-refractivity contribution in [2.24, 2.45) is 5.92 Å². The molecule has 3 atom stereocenters. The topological polar surface area (TPSA) is 23.6 Å². The van der Waals surface area contributed by atoms with Crippen LogP contribution in [0.15, 0.2) is 0 Å². The summed E-state index contributed by atoms with van der Waals surface area (Å²) in [5, 5.41) is 0. The van der Waals surface area contributed by atoms with Gasteiger partial charge in [-0.05, 0) is 33.4 Å². The lowest BCUT2D eigenvalue weighted by atomic mass is 9.92. The van der Waals surface area contributed by atoms with E-state index < -0.39 is 0 Å². The molecule has 0 aromatic heterocycles. The maximum Gasteiger partial charge on any atom is 0.138 e. The molecule has 3 heteroatoms. The smallest absolute Gasteiger partial charge is 0.138 e. The molecule has 3 nitrogen and oxygen atoms in total. The Hall–Kier alpha value is -0.410. The molecule has 2 saturated heterocycles. The largest absolute Gasteiger partial charge is 0.304 e. The molecule has 0 N–H and O–H groups in total. The number of hydrogen-bond acceptors (Lipinski definition) is 3. The molecule has 2 rings (SSSR count). The fourth-order valence-electron chi connectivity index (χ4n) is 2.97. The Kier molecular flexibility index (Phi) is 3.65. The summed E-state index contributed by atoms with van der Waals surface area (Å²) in [4.78, 5) is 16.5. The van der Waals surface area contributed by atoms with E-state index in [0.717, 1.165) is 19.5 Å². The minimum atomic E-state index is 0.253. The number of nitrogens with zero attached hydrogens (tertiary/aromatic N) is 2. The van der Waals surface area contributed by atoms with Crippen LogP contribution in [0.4, 0.5) is 0 Å². The highest BCUT2D eigenvalue weighted by Crippen LogP contribution is 2.24. The third-order valence-electron chi connectivity index (χ3n) is 4.40. The Morgan fingerprint density at radius 2 is 2.00 bits per heavy atom. The monoisotopic (exact) mass is 224 g/mol.